The maximum absolute atomic E-state index is 12.0. The number of nitrogens with zero attached hydrogens (tertiary/aromatic N) is 3. The molecule has 0 saturated carbocycles. The van der Waals surface area contributed by atoms with Gasteiger partial charge in [-0.15, -0.1) is 9.73 Å². The number of fused-ring (bicyclic) bond motifs is 1. The summed E-state index contributed by atoms with van der Waals surface area (Å²) in [6.07, 6.45) is 0.0869. The number of amides is 1. The number of aromatic amines is 1. The minimum absolute atomic E-state index is 0.0465. The van der Waals surface area contributed by atoms with Crippen molar-refractivity contribution in [2.24, 2.45) is 0 Å². The molecule has 0 spiro atoms. The molecule has 0 unspecified atom stereocenters. The second-order valence-electron chi connectivity index (χ2n) is 7.44. The summed E-state index contributed by atoms with van der Waals surface area (Å²) in [4.78, 5) is 25.9. The van der Waals surface area contributed by atoms with Crippen molar-refractivity contribution in [3.8, 4) is 11.4 Å². The van der Waals surface area contributed by atoms with Gasteiger partial charge < -0.3 is 15.0 Å². The normalized spacial score (nSPS) is 11.6. The first kappa shape index (κ1) is 19.9. The van der Waals surface area contributed by atoms with Crippen molar-refractivity contribution in [1.29, 1.82) is 0 Å². The van der Waals surface area contributed by atoms with Crippen molar-refractivity contribution in [1.82, 2.24) is 19.8 Å². The van der Waals surface area contributed by atoms with Crippen LogP contribution in [0.25, 0.3) is 17.0 Å². The molecule has 9 heteroatoms. The number of benzene rings is 1. The van der Waals surface area contributed by atoms with Crippen LogP contribution in [0.15, 0.2) is 24.3 Å². The van der Waals surface area contributed by atoms with Crippen molar-refractivity contribution in [2.45, 2.75) is 39.5 Å². The average Bonchev–Trinajstić information content (AvgIpc) is 3.14. The molecule has 8 nitrogen and oxygen atoms in total. The lowest BCUT2D eigenvalue weighted by atomic mass is 9.92. The van der Waals surface area contributed by atoms with E-state index in [1.165, 1.54) is 11.6 Å². The third kappa shape index (κ3) is 4.33. The van der Waals surface area contributed by atoms with E-state index in [9.17, 15) is 9.59 Å². The van der Waals surface area contributed by atoms with Crippen LogP contribution in [0.5, 0.6) is 0 Å². The Hall–Kier alpha value is -2.87. The van der Waals surface area contributed by atoms with E-state index in [0.29, 0.717) is 22.2 Å². The molecule has 2 heterocycles. The number of aromatic nitrogens is 4. The lowest BCUT2D eigenvalue weighted by Crippen LogP contribution is -2.15. The van der Waals surface area contributed by atoms with Crippen LogP contribution in [0.2, 0.25) is 5.02 Å². The Labute approximate surface area is 167 Å². The molecule has 1 amide bonds. The number of hydrogen-bond donors (Lipinski definition) is 2. The van der Waals surface area contributed by atoms with E-state index in [1.807, 2.05) is 32.9 Å². The summed E-state index contributed by atoms with van der Waals surface area (Å²) in [5.41, 5.74) is 2.59. The zero-order chi connectivity index (χ0) is 20.5. The van der Waals surface area contributed by atoms with Crippen molar-refractivity contribution in [3.63, 3.8) is 0 Å². The summed E-state index contributed by atoms with van der Waals surface area (Å²) < 4.78 is 6.26. The predicted octanol–water partition coefficient (Wildman–Crippen LogP) is 3.57. The van der Waals surface area contributed by atoms with E-state index in [2.05, 4.69) is 20.5 Å². The highest BCUT2D eigenvalue weighted by molar-refractivity contribution is 6.34. The Morgan fingerprint density at radius 2 is 2.04 bits per heavy atom. The second-order valence-corrected chi connectivity index (χ2v) is 7.82. The Morgan fingerprint density at radius 3 is 2.68 bits per heavy atom. The number of carbonyl (C=O) groups excluding carboxylic acids is 2. The molecule has 0 fully saturated rings. The third-order valence-corrected chi connectivity index (χ3v) is 4.36. The third-order valence-electron chi connectivity index (χ3n) is 4.01. The molecule has 0 radical (unpaired) electrons. The first-order valence-corrected chi connectivity index (χ1v) is 9.21. The lowest BCUT2D eigenvalue weighted by molar-refractivity contribution is -0.141. The highest BCUT2D eigenvalue weighted by atomic mass is 35.5. The fraction of sp³-hybridized carbons (Fsp3) is 0.368. The SMILES string of the molecule is CC(=O)OCCC(=O)Nc1cccc(-c2nn3nc(C(C)(C)C)c(Cl)c3[nH]2)c1. The number of hydrogen-bond acceptors (Lipinski definition) is 5. The fourth-order valence-corrected chi connectivity index (χ4v) is 3.11. The Balaban J connectivity index is 1.78. The molecule has 0 saturated heterocycles. The van der Waals surface area contributed by atoms with Crippen LogP contribution in [-0.2, 0) is 19.7 Å². The van der Waals surface area contributed by atoms with Crippen molar-refractivity contribution >= 4 is 34.8 Å². The van der Waals surface area contributed by atoms with Gasteiger partial charge in [0.2, 0.25) is 5.91 Å². The molecule has 0 aliphatic rings. The van der Waals surface area contributed by atoms with Gasteiger partial charge in [-0.2, -0.15) is 5.10 Å². The van der Waals surface area contributed by atoms with Crippen LogP contribution >= 0.6 is 11.6 Å². The minimum atomic E-state index is -0.411. The molecule has 0 aliphatic carbocycles. The van der Waals surface area contributed by atoms with Crippen molar-refractivity contribution < 1.29 is 14.3 Å². The molecule has 28 heavy (non-hydrogen) atoms. The summed E-state index contributed by atoms with van der Waals surface area (Å²) in [5, 5.41) is 12.3. The van der Waals surface area contributed by atoms with Gasteiger partial charge >= 0.3 is 5.97 Å². The van der Waals surface area contributed by atoms with E-state index in [4.69, 9.17) is 16.3 Å². The predicted molar refractivity (Wildman–Crippen MR) is 106 cm³/mol. The number of halogens is 1. The maximum Gasteiger partial charge on any atom is 0.302 e. The fourth-order valence-electron chi connectivity index (χ4n) is 2.66. The van der Waals surface area contributed by atoms with Gasteiger partial charge in [-0.25, -0.2) is 0 Å². The number of nitrogens with one attached hydrogen (secondary N) is 2. The Bertz CT molecular complexity index is 1030. The van der Waals surface area contributed by atoms with Gasteiger partial charge in [0.1, 0.15) is 11.6 Å². The van der Waals surface area contributed by atoms with Crippen LogP contribution in [0, 0.1) is 0 Å². The number of ether oxygens (including phenoxy) is 1. The van der Waals surface area contributed by atoms with E-state index in [0.717, 1.165) is 11.3 Å². The van der Waals surface area contributed by atoms with Gasteiger partial charge in [0.05, 0.1) is 12.1 Å². The molecular formula is C19H22ClN5O3. The Kier molecular flexibility index (Phi) is 5.42. The molecular weight excluding hydrogens is 382 g/mol. The number of esters is 1. The molecule has 0 bridgehead atoms. The maximum atomic E-state index is 12.0. The van der Waals surface area contributed by atoms with E-state index in [-0.39, 0.29) is 24.3 Å². The topological polar surface area (TPSA) is 101 Å². The van der Waals surface area contributed by atoms with Gasteiger partial charge in [0, 0.05) is 23.6 Å². The first-order valence-electron chi connectivity index (χ1n) is 8.84. The zero-order valence-electron chi connectivity index (χ0n) is 16.2. The number of carbonyl (C=O) groups is 2. The van der Waals surface area contributed by atoms with E-state index < -0.39 is 5.97 Å². The van der Waals surface area contributed by atoms with Crippen LogP contribution < -0.4 is 5.32 Å². The summed E-state index contributed by atoms with van der Waals surface area (Å²) in [6, 6.07) is 7.24. The van der Waals surface area contributed by atoms with Gasteiger partial charge in [0.25, 0.3) is 0 Å². The van der Waals surface area contributed by atoms with Crippen LogP contribution in [0.4, 0.5) is 5.69 Å². The molecule has 2 N–H and O–H groups in total. The molecule has 3 aromatic rings. The van der Waals surface area contributed by atoms with Crippen molar-refractivity contribution in [3.05, 3.63) is 35.0 Å². The molecule has 3 rings (SSSR count). The van der Waals surface area contributed by atoms with E-state index in [1.54, 1.807) is 12.1 Å². The van der Waals surface area contributed by atoms with E-state index >= 15 is 0 Å². The summed E-state index contributed by atoms with van der Waals surface area (Å²) in [6.45, 7) is 7.46. The number of anilines is 1. The van der Waals surface area contributed by atoms with Crippen LogP contribution in [0.3, 0.4) is 0 Å². The van der Waals surface area contributed by atoms with Crippen LogP contribution in [-0.4, -0.2) is 38.3 Å². The molecule has 1 aromatic carbocycles. The quantitative estimate of drug-likeness (QED) is 0.634. The number of H-pyrrole nitrogens is 1. The van der Waals surface area contributed by atoms with Gasteiger partial charge in [0.15, 0.2) is 11.5 Å². The lowest BCUT2D eigenvalue weighted by Gasteiger charge is -2.14. The van der Waals surface area contributed by atoms with Gasteiger partial charge in [-0.1, -0.05) is 44.5 Å². The smallest absolute Gasteiger partial charge is 0.302 e. The molecule has 0 aliphatic heterocycles. The highest BCUT2D eigenvalue weighted by Gasteiger charge is 2.25. The minimum Gasteiger partial charge on any atom is -0.465 e. The monoisotopic (exact) mass is 403 g/mol. The molecule has 148 valence electrons. The van der Waals surface area contributed by atoms with Gasteiger partial charge in [-0.3, -0.25) is 9.59 Å². The highest BCUT2D eigenvalue weighted by Crippen LogP contribution is 2.32. The first-order chi connectivity index (χ1) is 13.1. The standard InChI is InChI=1S/C19H22ClN5O3/c1-11(26)28-9-8-14(27)21-13-7-5-6-12(10-13)17-22-18-15(20)16(19(2,3)4)23-25(18)24-17/h5-7,10H,8-9H2,1-4H3,(H,21,27)(H,22,24). The molecule has 2 aromatic heterocycles. The zero-order valence-corrected chi connectivity index (χ0v) is 16.9. The summed E-state index contributed by atoms with van der Waals surface area (Å²) in [5.74, 6) is -0.0720. The van der Waals surface area contributed by atoms with Crippen molar-refractivity contribution in [2.75, 3.05) is 11.9 Å². The largest absolute Gasteiger partial charge is 0.465 e. The average molecular weight is 404 g/mol. The molecule has 0 atom stereocenters. The van der Waals surface area contributed by atoms with Crippen LogP contribution in [0.1, 0.15) is 39.8 Å². The Morgan fingerprint density at radius 1 is 1.29 bits per heavy atom. The second kappa shape index (κ2) is 7.63. The summed E-state index contributed by atoms with van der Waals surface area (Å²) >= 11 is 6.47. The summed E-state index contributed by atoms with van der Waals surface area (Å²) in [7, 11) is 0. The number of rotatable bonds is 5. The van der Waals surface area contributed by atoms with Gasteiger partial charge in [-0.05, 0) is 12.1 Å².